The van der Waals surface area contributed by atoms with Crippen LogP contribution < -0.4 is 11.1 Å². The third-order valence-electron chi connectivity index (χ3n) is 3.77. The lowest BCUT2D eigenvalue weighted by Gasteiger charge is -2.15. The van der Waals surface area contributed by atoms with Crippen molar-refractivity contribution in [3.63, 3.8) is 0 Å². The van der Waals surface area contributed by atoms with Crippen LogP contribution >= 0.6 is 24.0 Å². The maximum Gasteiger partial charge on any atom is 0.252 e. The van der Waals surface area contributed by atoms with Crippen LogP contribution in [0.15, 0.2) is 36.4 Å². The van der Waals surface area contributed by atoms with Gasteiger partial charge in [0.05, 0.1) is 10.6 Å². The van der Waals surface area contributed by atoms with Gasteiger partial charge >= 0.3 is 0 Å². The van der Waals surface area contributed by atoms with E-state index in [9.17, 15) is 13.6 Å². The summed E-state index contributed by atoms with van der Waals surface area (Å²) in [6, 6.07) is 8.95. The SMILES string of the molecule is CC(C)c1ccc(C(N)CNC(=O)c2cc(F)c(F)cc2Cl)cc1.Cl. The van der Waals surface area contributed by atoms with E-state index in [1.54, 1.807) is 0 Å². The van der Waals surface area contributed by atoms with Crippen LogP contribution in [0.5, 0.6) is 0 Å². The number of amides is 1. The van der Waals surface area contributed by atoms with Crippen LogP contribution in [0.2, 0.25) is 5.02 Å². The van der Waals surface area contributed by atoms with Gasteiger partial charge in [-0.2, -0.15) is 0 Å². The molecule has 1 atom stereocenters. The highest BCUT2D eigenvalue weighted by molar-refractivity contribution is 6.33. The summed E-state index contributed by atoms with van der Waals surface area (Å²) in [5.41, 5.74) is 8.00. The molecule has 0 saturated carbocycles. The molecule has 2 aromatic rings. The van der Waals surface area contributed by atoms with E-state index in [2.05, 4.69) is 19.2 Å². The van der Waals surface area contributed by atoms with Gasteiger partial charge in [-0.3, -0.25) is 4.79 Å². The lowest BCUT2D eigenvalue weighted by molar-refractivity contribution is 0.0951. The first kappa shape index (κ1) is 21.4. The normalized spacial score (nSPS) is 11.8. The van der Waals surface area contributed by atoms with Gasteiger partial charge in [0.2, 0.25) is 0 Å². The van der Waals surface area contributed by atoms with E-state index in [1.165, 1.54) is 5.56 Å². The molecule has 25 heavy (non-hydrogen) atoms. The molecule has 0 spiro atoms. The van der Waals surface area contributed by atoms with Crippen LogP contribution in [0.3, 0.4) is 0 Å². The number of benzene rings is 2. The molecule has 2 rings (SSSR count). The van der Waals surface area contributed by atoms with Crippen LogP contribution in [0.1, 0.15) is 47.3 Å². The van der Waals surface area contributed by atoms with Gasteiger partial charge in [0.1, 0.15) is 0 Å². The molecule has 0 fully saturated rings. The van der Waals surface area contributed by atoms with Crippen molar-refractivity contribution in [2.45, 2.75) is 25.8 Å². The second-order valence-electron chi connectivity index (χ2n) is 5.88. The quantitative estimate of drug-likeness (QED) is 0.735. The third kappa shape index (κ3) is 5.39. The zero-order valence-corrected chi connectivity index (χ0v) is 15.4. The highest BCUT2D eigenvalue weighted by Crippen LogP contribution is 2.21. The summed E-state index contributed by atoms with van der Waals surface area (Å²) in [6.45, 7) is 4.34. The van der Waals surface area contributed by atoms with Crippen molar-refractivity contribution in [1.29, 1.82) is 0 Å². The third-order valence-corrected chi connectivity index (χ3v) is 4.08. The zero-order chi connectivity index (χ0) is 17.9. The van der Waals surface area contributed by atoms with Crippen molar-refractivity contribution in [2.24, 2.45) is 5.73 Å². The van der Waals surface area contributed by atoms with Gasteiger partial charge in [-0.15, -0.1) is 12.4 Å². The first-order valence-electron chi connectivity index (χ1n) is 7.57. The van der Waals surface area contributed by atoms with Gasteiger partial charge in [-0.1, -0.05) is 49.7 Å². The summed E-state index contributed by atoms with van der Waals surface area (Å²) < 4.78 is 26.3. The highest BCUT2D eigenvalue weighted by Gasteiger charge is 2.16. The van der Waals surface area contributed by atoms with Crippen LogP contribution in [0, 0.1) is 11.6 Å². The molecule has 7 heteroatoms. The smallest absolute Gasteiger partial charge is 0.252 e. The Hall–Kier alpha value is -1.69. The Labute approximate surface area is 157 Å². The van der Waals surface area contributed by atoms with Crippen LogP contribution in [-0.4, -0.2) is 12.5 Å². The topological polar surface area (TPSA) is 55.1 Å². The second kappa shape index (κ2) is 9.13. The lowest BCUT2D eigenvalue weighted by Crippen LogP contribution is -2.32. The van der Waals surface area contributed by atoms with Crippen LogP contribution in [-0.2, 0) is 0 Å². The molecule has 0 bridgehead atoms. The summed E-state index contributed by atoms with van der Waals surface area (Å²) >= 11 is 5.78. The van der Waals surface area contributed by atoms with E-state index in [4.69, 9.17) is 17.3 Å². The van der Waals surface area contributed by atoms with Crippen molar-refractivity contribution in [3.8, 4) is 0 Å². The summed E-state index contributed by atoms with van der Waals surface area (Å²) in [6.07, 6.45) is 0. The Bertz CT molecular complexity index is 737. The monoisotopic (exact) mass is 388 g/mol. The minimum Gasteiger partial charge on any atom is -0.350 e. The number of hydrogen-bond acceptors (Lipinski definition) is 2. The molecular formula is C18H20Cl2F2N2O. The molecule has 0 heterocycles. The van der Waals surface area contributed by atoms with E-state index >= 15 is 0 Å². The number of carbonyl (C=O) groups excluding carboxylic acids is 1. The Morgan fingerprint density at radius 2 is 1.64 bits per heavy atom. The van der Waals surface area contributed by atoms with Gasteiger partial charge in [0.15, 0.2) is 11.6 Å². The number of carbonyl (C=O) groups is 1. The van der Waals surface area contributed by atoms with Crippen molar-refractivity contribution in [1.82, 2.24) is 5.32 Å². The van der Waals surface area contributed by atoms with Gasteiger partial charge in [0.25, 0.3) is 5.91 Å². The maximum atomic E-state index is 13.2. The Kier molecular flexibility index (Phi) is 7.80. The highest BCUT2D eigenvalue weighted by atomic mass is 35.5. The van der Waals surface area contributed by atoms with E-state index in [-0.39, 0.29) is 29.5 Å². The number of rotatable bonds is 5. The summed E-state index contributed by atoms with van der Waals surface area (Å²) in [5.74, 6) is -2.41. The molecule has 0 aliphatic carbocycles. The standard InChI is InChI=1S/C18H19ClF2N2O.ClH/c1-10(2)11-3-5-12(6-4-11)17(22)9-23-18(24)13-7-15(20)16(21)8-14(13)19;/h3-8,10,17H,9,22H2,1-2H3,(H,23,24);1H. The largest absolute Gasteiger partial charge is 0.350 e. The fraction of sp³-hybridized carbons (Fsp3) is 0.278. The van der Waals surface area contributed by atoms with Crippen LogP contribution in [0.4, 0.5) is 8.78 Å². The van der Waals surface area contributed by atoms with Crippen molar-refractivity contribution in [2.75, 3.05) is 6.54 Å². The molecule has 136 valence electrons. The number of halogens is 4. The van der Waals surface area contributed by atoms with E-state index < -0.39 is 23.6 Å². The van der Waals surface area contributed by atoms with Crippen molar-refractivity contribution in [3.05, 3.63) is 69.7 Å². The molecule has 0 radical (unpaired) electrons. The molecule has 0 aromatic heterocycles. The van der Waals surface area contributed by atoms with Crippen molar-refractivity contribution >= 4 is 29.9 Å². The fourth-order valence-corrected chi connectivity index (χ4v) is 2.48. The van der Waals surface area contributed by atoms with Gasteiger partial charge in [-0.05, 0) is 29.2 Å². The summed E-state index contributed by atoms with van der Waals surface area (Å²) in [4.78, 5) is 12.1. The average molecular weight is 389 g/mol. The fourth-order valence-electron chi connectivity index (χ4n) is 2.24. The average Bonchev–Trinajstić information content (AvgIpc) is 2.55. The number of nitrogens with two attached hydrogens (primary N) is 1. The molecule has 1 unspecified atom stereocenters. The predicted molar refractivity (Wildman–Crippen MR) is 98.4 cm³/mol. The molecule has 0 saturated heterocycles. The summed E-state index contributed by atoms with van der Waals surface area (Å²) in [7, 11) is 0. The minimum atomic E-state index is -1.13. The summed E-state index contributed by atoms with van der Waals surface area (Å²) in [5, 5.41) is 2.43. The Morgan fingerprint density at radius 1 is 1.12 bits per heavy atom. The predicted octanol–water partition coefficient (Wildman–Crippen LogP) is 4.59. The Morgan fingerprint density at radius 3 is 2.20 bits per heavy atom. The molecule has 1 amide bonds. The van der Waals surface area contributed by atoms with Crippen molar-refractivity contribution < 1.29 is 13.6 Å². The second-order valence-corrected chi connectivity index (χ2v) is 6.29. The molecule has 3 nitrogen and oxygen atoms in total. The molecule has 0 aliphatic heterocycles. The van der Waals surface area contributed by atoms with E-state index in [1.807, 2.05) is 24.3 Å². The number of nitrogens with one attached hydrogen (secondary N) is 1. The number of hydrogen-bond donors (Lipinski definition) is 2. The van der Waals surface area contributed by atoms with E-state index in [0.717, 1.165) is 17.7 Å². The van der Waals surface area contributed by atoms with E-state index in [0.29, 0.717) is 5.92 Å². The molecule has 0 aliphatic rings. The zero-order valence-electron chi connectivity index (χ0n) is 13.9. The minimum absolute atomic E-state index is 0. The first-order chi connectivity index (χ1) is 11.3. The first-order valence-corrected chi connectivity index (χ1v) is 7.95. The molecular weight excluding hydrogens is 369 g/mol. The maximum absolute atomic E-state index is 13.2. The lowest BCUT2D eigenvalue weighted by atomic mass is 9.99. The Balaban J connectivity index is 0.00000312. The molecule has 3 N–H and O–H groups in total. The van der Waals surface area contributed by atoms with Gasteiger partial charge < -0.3 is 11.1 Å². The molecule has 2 aromatic carbocycles. The van der Waals surface area contributed by atoms with Gasteiger partial charge in [-0.25, -0.2) is 8.78 Å². The van der Waals surface area contributed by atoms with Crippen LogP contribution in [0.25, 0.3) is 0 Å². The van der Waals surface area contributed by atoms with Gasteiger partial charge in [0, 0.05) is 12.6 Å².